The van der Waals surface area contributed by atoms with Crippen LogP contribution < -0.4 is 15.6 Å². The molecule has 2 aromatic heterocycles. The van der Waals surface area contributed by atoms with Gasteiger partial charge in [0.25, 0.3) is 5.91 Å². The average Bonchev–Trinajstić information content (AvgIpc) is 3.32. The van der Waals surface area contributed by atoms with Gasteiger partial charge in [-0.1, -0.05) is 18.2 Å². The van der Waals surface area contributed by atoms with E-state index in [0.717, 1.165) is 21.9 Å². The van der Waals surface area contributed by atoms with Crippen LogP contribution in [0, 0.1) is 0 Å². The molecule has 0 aliphatic rings. The predicted molar refractivity (Wildman–Crippen MR) is 93.5 cm³/mol. The molecule has 0 fully saturated rings. The van der Waals surface area contributed by atoms with Crippen molar-refractivity contribution < 1.29 is 23.2 Å². The standard InChI is InChI=1S/C19H14N2O5/c22-18(20-21-19(23)17-6-3-9-24-17)11-25-12-7-8-16-14(10-12)13-4-1-2-5-15(13)26-16/h1-10H,11H2,(H,20,22)(H,21,23). The Balaban J connectivity index is 1.38. The van der Waals surface area contributed by atoms with Gasteiger partial charge in [-0.05, 0) is 36.4 Å². The van der Waals surface area contributed by atoms with Crippen molar-refractivity contribution >= 4 is 33.8 Å². The summed E-state index contributed by atoms with van der Waals surface area (Å²) < 4.78 is 16.2. The molecule has 130 valence electrons. The lowest BCUT2D eigenvalue weighted by molar-refractivity contribution is -0.123. The third kappa shape index (κ3) is 3.10. The second-order valence-electron chi connectivity index (χ2n) is 5.52. The first-order chi connectivity index (χ1) is 12.7. The van der Waals surface area contributed by atoms with Gasteiger partial charge < -0.3 is 13.6 Å². The number of benzene rings is 2. The summed E-state index contributed by atoms with van der Waals surface area (Å²) in [6.07, 6.45) is 1.37. The van der Waals surface area contributed by atoms with Gasteiger partial charge in [0.2, 0.25) is 0 Å². The van der Waals surface area contributed by atoms with E-state index in [-0.39, 0.29) is 12.4 Å². The van der Waals surface area contributed by atoms with Crippen molar-refractivity contribution in [2.75, 3.05) is 6.61 Å². The van der Waals surface area contributed by atoms with E-state index in [0.29, 0.717) is 5.75 Å². The summed E-state index contributed by atoms with van der Waals surface area (Å²) in [4.78, 5) is 23.5. The first-order valence-electron chi connectivity index (χ1n) is 7.87. The summed E-state index contributed by atoms with van der Waals surface area (Å²) in [5.41, 5.74) is 6.04. The summed E-state index contributed by atoms with van der Waals surface area (Å²) in [6.45, 7) is -0.250. The van der Waals surface area contributed by atoms with Gasteiger partial charge in [-0.2, -0.15) is 0 Å². The first-order valence-corrected chi connectivity index (χ1v) is 7.87. The minimum atomic E-state index is -0.547. The van der Waals surface area contributed by atoms with Gasteiger partial charge in [-0.3, -0.25) is 20.4 Å². The minimum Gasteiger partial charge on any atom is -0.484 e. The summed E-state index contributed by atoms with van der Waals surface area (Å²) in [7, 11) is 0. The molecular formula is C19H14N2O5. The van der Waals surface area contributed by atoms with Crippen LogP contribution in [0.4, 0.5) is 0 Å². The van der Waals surface area contributed by atoms with Crippen molar-refractivity contribution in [1.82, 2.24) is 10.9 Å². The summed E-state index contributed by atoms with van der Waals surface area (Å²) in [5.74, 6) is -0.420. The molecular weight excluding hydrogens is 336 g/mol. The van der Waals surface area contributed by atoms with Crippen LogP contribution in [0.1, 0.15) is 10.6 Å². The Kier molecular flexibility index (Phi) is 4.03. The van der Waals surface area contributed by atoms with Crippen molar-refractivity contribution in [3.63, 3.8) is 0 Å². The fourth-order valence-corrected chi connectivity index (χ4v) is 2.58. The molecule has 0 aliphatic heterocycles. The lowest BCUT2D eigenvalue weighted by Crippen LogP contribution is -2.43. The third-order valence-corrected chi connectivity index (χ3v) is 3.78. The van der Waals surface area contributed by atoms with Gasteiger partial charge >= 0.3 is 5.91 Å². The summed E-state index contributed by atoms with van der Waals surface area (Å²) >= 11 is 0. The van der Waals surface area contributed by atoms with Crippen molar-refractivity contribution in [2.24, 2.45) is 0 Å². The number of rotatable bonds is 4. The Hall–Kier alpha value is -3.74. The molecule has 0 bridgehead atoms. The van der Waals surface area contributed by atoms with Gasteiger partial charge in [0.15, 0.2) is 12.4 Å². The fraction of sp³-hybridized carbons (Fsp3) is 0.0526. The zero-order valence-electron chi connectivity index (χ0n) is 13.5. The minimum absolute atomic E-state index is 0.100. The molecule has 0 saturated heterocycles. The highest BCUT2D eigenvalue weighted by molar-refractivity contribution is 6.05. The molecule has 0 unspecified atom stereocenters. The number of carbonyl (C=O) groups excluding carboxylic acids is 2. The number of hydrazine groups is 1. The largest absolute Gasteiger partial charge is 0.484 e. The molecule has 7 heteroatoms. The predicted octanol–water partition coefficient (Wildman–Crippen LogP) is 3.02. The van der Waals surface area contributed by atoms with E-state index in [1.807, 2.05) is 30.3 Å². The molecule has 4 aromatic rings. The van der Waals surface area contributed by atoms with E-state index >= 15 is 0 Å². The van der Waals surface area contributed by atoms with Crippen molar-refractivity contribution in [2.45, 2.75) is 0 Å². The van der Waals surface area contributed by atoms with E-state index in [1.54, 1.807) is 18.2 Å². The maximum atomic E-state index is 11.8. The molecule has 0 spiro atoms. The number of nitrogens with one attached hydrogen (secondary N) is 2. The molecule has 2 heterocycles. The molecule has 2 aromatic carbocycles. The fourth-order valence-electron chi connectivity index (χ4n) is 2.58. The molecule has 2 N–H and O–H groups in total. The summed E-state index contributed by atoms with van der Waals surface area (Å²) in [6, 6.07) is 16.1. The van der Waals surface area contributed by atoms with Crippen LogP contribution in [0.15, 0.2) is 69.7 Å². The molecule has 2 amide bonds. The van der Waals surface area contributed by atoms with Gasteiger partial charge in [-0.15, -0.1) is 0 Å². The third-order valence-electron chi connectivity index (χ3n) is 3.78. The molecule has 26 heavy (non-hydrogen) atoms. The smallest absolute Gasteiger partial charge is 0.305 e. The van der Waals surface area contributed by atoms with E-state index < -0.39 is 11.8 Å². The lowest BCUT2D eigenvalue weighted by Gasteiger charge is -2.08. The Bertz CT molecular complexity index is 1080. The molecule has 4 rings (SSSR count). The number of carbonyl (C=O) groups is 2. The van der Waals surface area contributed by atoms with E-state index in [4.69, 9.17) is 13.6 Å². The molecule has 0 radical (unpaired) electrons. The van der Waals surface area contributed by atoms with Crippen LogP contribution >= 0.6 is 0 Å². The number of ether oxygens (including phenoxy) is 1. The van der Waals surface area contributed by atoms with Crippen LogP contribution in [0.25, 0.3) is 21.9 Å². The number of hydrogen-bond donors (Lipinski definition) is 2. The number of amides is 2. The van der Waals surface area contributed by atoms with Gasteiger partial charge in [-0.25, -0.2) is 0 Å². The van der Waals surface area contributed by atoms with Crippen LogP contribution in [0.2, 0.25) is 0 Å². The van der Waals surface area contributed by atoms with E-state index in [9.17, 15) is 9.59 Å². The quantitative estimate of drug-likeness (QED) is 0.552. The molecule has 7 nitrogen and oxygen atoms in total. The topological polar surface area (TPSA) is 93.7 Å². The number of para-hydroxylation sites is 1. The second kappa shape index (κ2) is 6.64. The van der Waals surface area contributed by atoms with E-state index in [2.05, 4.69) is 10.9 Å². The highest BCUT2D eigenvalue weighted by Gasteiger charge is 2.11. The number of furan rings is 2. The van der Waals surface area contributed by atoms with Crippen LogP contribution in [0.5, 0.6) is 5.75 Å². The van der Waals surface area contributed by atoms with Gasteiger partial charge in [0, 0.05) is 10.8 Å². The highest BCUT2D eigenvalue weighted by atomic mass is 16.5. The summed E-state index contributed by atoms with van der Waals surface area (Å²) in [5, 5.41) is 1.88. The Labute approximate surface area is 147 Å². The van der Waals surface area contributed by atoms with Crippen molar-refractivity contribution in [3.05, 3.63) is 66.6 Å². The normalized spacial score (nSPS) is 10.8. The van der Waals surface area contributed by atoms with Crippen LogP contribution in [-0.2, 0) is 4.79 Å². The Morgan fingerprint density at radius 3 is 2.62 bits per heavy atom. The highest BCUT2D eigenvalue weighted by Crippen LogP contribution is 2.31. The Morgan fingerprint density at radius 2 is 1.77 bits per heavy atom. The maximum absolute atomic E-state index is 11.8. The number of hydrogen-bond acceptors (Lipinski definition) is 5. The lowest BCUT2D eigenvalue weighted by atomic mass is 10.1. The van der Waals surface area contributed by atoms with Crippen LogP contribution in [0.3, 0.4) is 0 Å². The number of fused-ring (bicyclic) bond motifs is 3. The van der Waals surface area contributed by atoms with Crippen LogP contribution in [-0.4, -0.2) is 18.4 Å². The zero-order chi connectivity index (χ0) is 17.9. The molecule has 0 atom stereocenters. The molecule has 0 aliphatic carbocycles. The van der Waals surface area contributed by atoms with Crippen molar-refractivity contribution in [3.8, 4) is 5.75 Å². The Morgan fingerprint density at radius 1 is 0.923 bits per heavy atom. The van der Waals surface area contributed by atoms with Crippen molar-refractivity contribution in [1.29, 1.82) is 0 Å². The average molecular weight is 350 g/mol. The monoisotopic (exact) mass is 350 g/mol. The van der Waals surface area contributed by atoms with Gasteiger partial charge in [0.1, 0.15) is 16.9 Å². The molecule has 0 saturated carbocycles. The SMILES string of the molecule is O=C(COc1ccc2oc3ccccc3c2c1)NNC(=O)c1ccco1. The zero-order valence-corrected chi connectivity index (χ0v) is 13.5. The second-order valence-corrected chi connectivity index (χ2v) is 5.52. The van der Waals surface area contributed by atoms with Gasteiger partial charge in [0.05, 0.1) is 6.26 Å². The maximum Gasteiger partial charge on any atom is 0.305 e. The first kappa shape index (κ1) is 15.8. The van der Waals surface area contributed by atoms with E-state index in [1.165, 1.54) is 12.3 Å².